The van der Waals surface area contributed by atoms with E-state index in [1.54, 1.807) is 0 Å². The minimum absolute atomic E-state index is 0.0104. The monoisotopic (exact) mass is 244 g/mol. The van der Waals surface area contributed by atoms with Crippen molar-refractivity contribution in [3.8, 4) is 10.8 Å². The SMILES string of the molecule is COC(=O)[C@@H]1CCCC[C@H]1C#CBr. The van der Waals surface area contributed by atoms with Crippen LogP contribution < -0.4 is 0 Å². The van der Waals surface area contributed by atoms with Crippen molar-refractivity contribution in [3.05, 3.63) is 0 Å². The molecule has 2 nitrogen and oxygen atoms in total. The van der Waals surface area contributed by atoms with Crippen molar-refractivity contribution in [2.75, 3.05) is 7.11 Å². The fourth-order valence-corrected chi connectivity index (χ4v) is 2.10. The second-order valence-electron chi connectivity index (χ2n) is 3.26. The highest BCUT2D eigenvalue weighted by Gasteiger charge is 2.30. The van der Waals surface area contributed by atoms with Crippen LogP contribution in [0.2, 0.25) is 0 Å². The number of carbonyl (C=O) groups excluding carboxylic acids is 1. The van der Waals surface area contributed by atoms with Crippen molar-refractivity contribution in [1.82, 2.24) is 0 Å². The zero-order chi connectivity index (χ0) is 9.68. The number of methoxy groups -OCH3 is 1. The van der Waals surface area contributed by atoms with Gasteiger partial charge in [0, 0.05) is 21.8 Å². The van der Waals surface area contributed by atoms with Crippen LogP contribution in [0.25, 0.3) is 0 Å². The van der Waals surface area contributed by atoms with Crippen molar-refractivity contribution >= 4 is 21.9 Å². The number of ether oxygens (including phenoxy) is 1. The number of rotatable bonds is 1. The molecule has 0 radical (unpaired) electrons. The van der Waals surface area contributed by atoms with Crippen LogP contribution >= 0.6 is 15.9 Å². The number of hydrogen-bond acceptors (Lipinski definition) is 2. The lowest BCUT2D eigenvalue weighted by Crippen LogP contribution is -2.27. The molecule has 0 bridgehead atoms. The maximum absolute atomic E-state index is 11.3. The van der Waals surface area contributed by atoms with E-state index in [0.29, 0.717) is 0 Å². The topological polar surface area (TPSA) is 26.3 Å². The molecule has 0 heterocycles. The van der Waals surface area contributed by atoms with E-state index in [1.165, 1.54) is 13.5 Å². The average molecular weight is 245 g/mol. The van der Waals surface area contributed by atoms with Gasteiger partial charge in [-0.15, -0.1) is 0 Å². The Morgan fingerprint density at radius 1 is 1.46 bits per heavy atom. The first-order chi connectivity index (χ1) is 6.29. The van der Waals surface area contributed by atoms with E-state index in [-0.39, 0.29) is 17.8 Å². The summed E-state index contributed by atoms with van der Waals surface area (Å²) in [6.45, 7) is 0. The highest BCUT2D eigenvalue weighted by atomic mass is 79.9. The summed E-state index contributed by atoms with van der Waals surface area (Å²) in [5.74, 6) is 3.08. The zero-order valence-corrected chi connectivity index (χ0v) is 9.26. The summed E-state index contributed by atoms with van der Waals surface area (Å²) in [4.78, 5) is 14.0. The first-order valence-electron chi connectivity index (χ1n) is 4.48. The fraction of sp³-hybridized carbons (Fsp3) is 0.700. The maximum Gasteiger partial charge on any atom is 0.309 e. The van der Waals surface area contributed by atoms with Gasteiger partial charge in [0.2, 0.25) is 0 Å². The van der Waals surface area contributed by atoms with Gasteiger partial charge >= 0.3 is 5.97 Å². The third-order valence-corrected chi connectivity index (χ3v) is 2.74. The predicted octanol–water partition coefficient (Wildman–Crippen LogP) is 2.32. The molecule has 0 saturated heterocycles. The Hall–Kier alpha value is -0.490. The average Bonchev–Trinajstić information content (AvgIpc) is 2.18. The third-order valence-electron chi connectivity index (χ3n) is 2.51. The standard InChI is InChI=1S/C10H13BrO2/c1-13-10(12)9-5-3-2-4-8(9)6-7-11/h8-9H,2-5H2,1H3/t8-,9+/m0/s1. The molecule has 0 aliphatic heterocycles. The van der Waals surface area contributed by atoms with Crippen LogP contribution in [0, 0.1) is 22.6 Å². The Balaban J connectivity index is 2.65. The van der Waals surface area contributed by atoms with Crippen LogP contribution in [0.3, 0.4) is 0 Å². The molecular formula is C10H13BrO2. The van der Waals surface area contributed by atoms with Crippen molar-refractivity contribution < 1.29 is 9.53 Å². The fourth-order valence-electron chi connectivity index (χ4n) is 1.81. The van der Waals surface area contributed by atoms with Gasteiger partial charge in [-0.05, 0) is 17.7 Å². The Morgan fingerprint density at radius 2 is 2.15 bits per heavy atom. The van der Waals surface area contributed by atoms with Gasteiger partial charge in [0.15, 0.2) is 0 Å². The summed E-state index contributed by atoms with van der Waals surface area (Å²) in [5, 5.41) is 0. The molecule has 0 aromatic carbocycles. The van der Waals surface area contributed by atoms with E-state index < -0.39 is 0 Å². The Labute approximate surface area is 87.2 Å². The summed E-state index contributed by atoms with van der Waals surface area (Å²) in [5.41, 5.74) is 0. The van der Waals surface area contributed by atoms with Crippen molar-refractivity contribution in [2.24, 2.45) is 11.8 Å². The van der Waals surface area contributed by atoms with E-state index in [1.807, 2.05) is 0 Å². The smallest absolute Gasteiger partial charge is 0.309 e. The van der Waals surface area contributed by atoms with Crippen LogP contribution in [0.15, 0.2) is 0 Å². The number of carbonyl (C=O) groups is 1. The molecule has 1 aliphatic rings. The molecule has 13 heavy (non-hydrogen) atoms. The molecule has 1 aliphatic carbocycles. The lowest BCUT2D eigenvalue weighted by molar-refractivity contribution is -0.147. The summed E-state index contributed by atoms with van der Waals surface area (Å²) < 4.78 is 4.74. The largest absolute Gasteiger partial charge is 0.469 e. The van der Waals surface area contributed by atoms with Crippen molar-refractivity contribution in [2.45, 2.75) is 25.7 Å². The van der Waals surface area contributed by atoms with E-state index in [2.05, 4.69) is 26.7 Å². The first-order valence-corrected chi connectivity index (χ1v) is 5.28. The predicted molar refractivity (Wildman–Crippen MR) is 54.2 cm³/mol. The lowest BCUT2D eigenvalue weighted by Gasteiger charge is -2.25. The molecule has 1 saturated carbocycles. The summed E-state index contributed by atoms with van der Waals surface area (Å²) >= 11 is 3.07. The van der Waals surface area contributed by atoms with Gasteiger partial charge in [0.1, 0.15) is 0 Å². The molecule has 1 rings (SSSR count). The number of hydrogen-bond donors (Lipinski definition) is 0. The highest BCUT2D eigenvalue weighted by molar-refractivity contribution is 9.12. The van der Waals surface area contributed by atoms with Gasteiger partial charge in [-0.3, -0.25) is 4.79 Å². The van der Waals surface area contributed by atoms with Gasteiger partial charge in [0.25, 0.3) is 0 Å². The second kappa shape index (κ2) is 5.29. The summed E-state index contributed by atoms with van der Waals surface area (Å²) in [7, 11) is 1.44. The van der Waals surface area contributed by atoms with Crippen molar-refractivity contribution in [1.29, 1.82) is 0 Å². The molecule has 0 N–H and O–H groups in total. The van der Waals surface area contributed by atoms with E-state index in [9.17, 15) is 4.79 Å². The van der Waals surface area contributed by atoms with Crippen LogP contribution in [0.5, 0.6) is 0 Å². The maximum atomic E-state index is 11.3. The molecular weight excluding hydrogens is 232 g/mol. The Kier molecular flexibility index (Phi) is 4.31. The highest BCUT2D eigenvalue weighted by Crippen LogP contribution is 2.30. The molecule has 72 valence electrons. The van der Waals surface area contributed by atoms with Crippen LogP contribution in [0.4, 0.5) is 0 Å². The normalized spacial score (nSPS) is 27.2. The molecule has 2 atom stereocenters. The van der Waals surface area contributed by atoms with Crippen LogP contribution in [0.1, 0.15) is 25.7 Å². The van der Waals surface area contributed by atoms with Gasteiger partial charge in [-0.2, -0.15) is 0 Å². The first kappa shape index (κ1) is 10.6. The molecule has 1 fully saturated rings. The molecule has 0 aromatic heterocycles. The van der Waals surface area contributed by atoms with Crippen molar-refractivity contribution in [3.63, 3.8) is 0 Å². The van der Waals surface area contributed by atoms with E-state index >= 15 is 0 Å². The van der Waals surface area contributed by atoms with Crippen LogP contribution in [-0.2, 0) is 9.53 Å². The Morgan fingerprint density at radius 3 is 2.77 bits per heavy atom. The number of halogens is 1. The van der Waals surface area contributed by atoms with Crippen LogP contribution in [-0.4, -0.2) is 13.1 Å². The molecule has 0 spiro atoms. The summed E-state index contributed by atoms with van der Waals surface area (Å²) in [6.07, 6.45) is 4.21. The minimum Gasteiger partial charge on any atom is -0.469 e. The van der Waals surface area contributed by atoms with E-state index in [4.69, 9.17) is 4.74 Å². The molecule has 3 heteroatoms. The minimum atomic E-state index is -0.111. The van der Waals surface area contributed by atoms with Gasteiger partial charge in [0.05, 0.1) is 13.0 Å². The molecule has 0 unspecified atom stereocenters. The lowest BCUT2D eigenvalue weighted by atomic mass is 9.80. The Bertz CT molecular complexity index is 239. The van der Waals surface area contributed by atoms with Gasteiger partial charge < -0.3 is 4.74 Å². The van der Waals surface area contributed by atoms with Gasteiger partial charge in [-0.1, -0.05) is 18.8 Å². The van der Waals surface area contributed by atoms with Gasteiger partial charge in [-0.25, -0.2) is 0 Å². The molecule has 0 aromatic rings. The number of esters is 1. The zero-order valence-electron chi connectivity index (χ0n) is 7.68. The second-order valence-corrected chi connectivity index (χ2v) is 3.66. The third kappa shape index (κ3) is 2.73. The molecule has 0 amide bonds. The van der Waals surface area contributed by atoms with E-state index in [0.717, 1.165) is 19.3 Å². The summed E-state index contributed by atoms with van der Waals surface area (Å²) in [6, 6.07) is 0. The quantitative estimate of drug-likeness (QED) is 0.523.